The molecule has 0 aliphatic carbocycles. The van der Waals surface area contributed by atoms with Crippen LogP contribution in [0.1, 0.15) is 5.56 Å². The molecule has 0 saturated heterocycles. The third-order valence-corrected chi connectivity index (χ3v) is 3.20. The zero-order chi connectivity index (χ0) is 9.14. The van der Waals surface area contributed by atoms with Gasteiger partial charge in [-0.2, -0.15) is 0 Å². The maximum atomic E-state index is 5.56. The first kappa shape index (κ1) is 10.3. The summed E-state index contributed by atoms with van der Waals surface area (Å²) in [6.45, 7) is 0.536. The number of nitrogens with two attached hydrogens (primary N) is 1. The van der Waals surface area contributed by atoms with Gasteiger partial charge in [-0.05, 0) is 40.3 Å². The molecule has 0 aromatic heterocycles. The third-order valence-electron chi connectivity index (χ3n) is 1.52. The van der Waals surface area contributed by atoms with Gasteiger partial charge in [-0.15, -0.1) is 0 Å². The number of rotatable bonds is 2. The molecule has 1 rings (SSSR count). The fraction of sp³-hybridized carbons (Fsp3) is 0.250. The average molecular weight is 342 g/mol. The molecule has 0 fully saturated rings. The normalized spacial score (nSPS) is 10.0. The van der Waals surface area contributed by atoms with Crippen molar-refractivity contribution in [2.45, 2.75) is 6.54 Å². The average Bonchev–Trinajstić information content (AvgIpc) is 2.08. The molecule has 1 aromatic carbocycles. The quantitative estimate of drug-likeness (QED) is 0.839. The van der Waals surface area contributed by atoms with Crippen LogP contribution in [-0.4, -0.2) is 7.11 Å². The zero-order valence-electron chi connectivity index (χ0n) is 6.60. The minimum Gasteiger partial charge on any atom is -0.496 e. The lowest BCUT2D eigenvalue weighted by Gasteiger charge is -2.07. The topological polar surface area (TPSA) is 35.2 Å². The molecule has 1 aromatic rings. The van der Waals surface area contributed by atoms with Gasteiger partial charge < -0.3 is 10.5 Å². The molecule has 0 aliphatic rings. The van der Waals surface area contributed by atoms with Gasteiger partial charge in [-0.1, -0.05) is 15.9 Å². The molecule has 2 N–H and O–H groups in total. The van der Waals surface area contributed by atoms with E-state index in [1.165, 1.54) is 0 Å². The Hall–Kier alpha value is 0.190. The van der Waals surface area contributed by atoms with Crippen LogP contribution in [0.15, 0.2) is 16.6 Å². The summed E-state index contributed by atoms with van der Waals surface area (Å²) < 4.78 is 7.26. The number of hydrogen-bond donors (Lipinski definition) is 1. The van der Waals surface area contributed by atoms with Crippen molar-refractivity contribution in [3.05, 3.63) is 25.7 Å². The van der Waals surface area contributed by atoms with Crippen LogP contribution in [0.4, 0.5) is 0 Å². The van der Waals surface area contributed by atoms with E-state index in [-0.39, 0.29) is 0 Å². The monoisotopic (exact) mass is 341 g/mol. The Labute approximate surface area is 93.7 Å². The van der Waals surface area contributed by atoms with Crippen LogP contribution in [-0.2, 0) is 6.54 Å². The van der Waals surface area contributed by atoms with Crippen molar-refractivity contribution in [2.75, 3.05) is 7.11 Å². The number of ether oxygens (including phenoxy) is 1. The van der Waals surface area contributed by atoms with Crippen LogP contribution in [0.25, 0.3) is 0 Å². The van der Waals surface area contributed by atoms with Crippen molar-refractivity contribution in [3.63, 3.8) is 0 Å². The van der Waals surface area contributed by atoms with Crippen LogP contribution < -0.4 is 10.5 Å². The second-order valence-electron chi connectivity index (χ2n) is 2.29. The first-order chi connectivity index (χ1) is 5.69. The summed E-state index contributed by atoms with van der Waals surface area (Å²) in [5.74, 6) is 0.866. The van der Waals surface area contributed by atoms with Gasteiger partial charge in [0.2, 0.25) is 0 Å². The number of methoxy groups -OCH3 is 1. The van der Waals surface area contributed by atoms with Crippen LogP contribution in [0.5, 0.6) is 5.75 Å². The molecule has 0 heterocycles. The van der Waals surface area contributed by atoms with E-state index in [1.807, 2.05) is 12.1 Å². The van der Waals surface area contributed by atoms with E-state index in [0.29, 0.717) is 6.54 Å². The lowest BCUT2D eigenvalue weighted by Crippen LogP contribution is -2.00. The van der Waals surface area contributed by atoms with Crippen molar-refractivity contribution in [3.8, 4) is 5.75 Å². The molecule has 66 valence electrons. The summed E-state index contributed by atoms with van der Waals surface area (Å²) in [7, 11) is 1.66. The van der Waals surface area contributed by atoms with Crippen LogP contribution in [0, 0.1) is 3.57 Å². The van der Waals surface area contributed by atoms with E-state index < -0.39 is 0 Å². The molecule has 0 radical (unpaired) electrons. The Balaban J connectivity index is 3.22. The van der Waals surface area contributed by atoms with Crippen LogP contribution >= 0.6 is 38.5 Å². The van der Waals surface area contributed by atoms with E-state index in [2.05, 4.69) is 38.5 Å². The summed E-state index contributed by atoms with van der Waals surface area (Å²) in [6, 6.07) is 3.94. The van der Waals surface area contributed by atoms with Crippen LogP contribution in [0.2, 0.25) is 0 Å². The lowest BCUT2D eigenvalue weighted by atomic mass is 10.2. The number of halogens is 2. The van der Waals surface area contributed by atoms with Gasteiger partial charge in [0.25, 0.3) is 0 Å². The van der Waals surface area contributed by atoms with E-state index in [9.17, 15) is 0 Å². The lowest BCUT2D eigenvalue weighted by molar-refractivity contribution is 0.411. The van der Waals surface area contributed by atoms with Crippen LogP contribution in [0.3, 0.4) is 0 Å². The van der Waals surface area contributed by atoms with Gasteiger partial charge in [0.1, 0.15) is 5.75 Å². The largest absolute Gasteiger partial charge is 0.496 e. The highest BCUT2D eigenvalue weighted by Crippen LogP contribution is 2.28. The highest BCUT2D eigenvalue weighted by atomic mass is 127. The van der Waals surface area contributed by atoms with Crippen molar-refractivity contribution < 1.29 is 4.74 Å². The van der Waals surface area contributed by atoms with E-state index in [4.69, 9.17) is 10.5 Å². The summed E-state index contributed by atoms with van der Waals surface area (Å²) >= 11 is 5.62. The summed E-state index contributed by atoms with van der Waals surface area (Å²) in [4.78, 5) is 0. The molecule has 0 bridgehead atoms. The standard InChI is InChI=1S/C8H9BrINO/c1-12-7-3-6(9)2-5(4-11)8(7)10/h2-3H,4,11H2,1H3. The van der Waals surface area contributed by atoms with Crippen molar-refractivity contribution >= 4 is 38.5 Å². The first-order valence-electron chi connectivity index (χ1n) is 3.41. The minimum atomic E-state index is 0.536. The minimum absolute atomic E-state index is 0.536. The summed E-state index contributed by atoms with van der Waals surface area (Å²) in [5, 5.41) is 0. The maximum absolute atomic E-state index is 5.56. The van der Waals surface area contributed by atoms with Gasteiger partial charge >= 0.3 is 0 Å². The first-order valence-corrected chi connectivity index (χ1v) is 5.28. The van der Waals surface area contributed by atoms with Gasteiger partial charge in [0, 0.05) is 11.0 Å². The molecule has 0 spiro atoms. The second kappa shape index (κ2) is 4.43. The van der Waals surface area contributed by atoms with E-state index >= 15 is 0 Å². The Bertz CT molecular complexity index is 265. The molecule has 12 heavy (non-hydrogen) atoms. The van der Waals surface area contributed by atoms with Gasteiger partial charge in [0.15, 0.2) is 0 Å². The molecule has 2 nitrogen and oxygen atoms in total. The molecule has 4 heteroatoms. The molecular weight excluding hydrogens is 333 g/mol. The van der Waals surface area contributed by atoms with Crippen molar-refractivity contribution in [1.82, 2.24) is 0 Å². The highest BCUT2D eigenvalue weighted by Gasteiger charge is 2.06. The SMILES string of the molecule is COc1cc(Br)cc(CN)c1I. The highest BCUT2D eigenvalue weighted by molar-refractivity contribution is 14.1. The fourth-order valence-corrected chi connectivity index (χ4v) is 2.15. The van der Waals surface area contributed by atoms with Gasteiger partial charge in [-0.25, -0.2) is 0 Å². The Morgan fingerprint density at radius 1 is 1.58 bits per heavy atom. The zero-order valence-corrected chi connectivity index (χ0v) is 10.3. The Kier molecular flexibility index (Phi) is 3.79. The Morgan fingerprint density at radius 3 is 2.75 bits per heavy atom. The predicted octanol–water partition coefficient (Wildman–Crippen LogP) is 2.52. The predicted molar refractivity (Wildman–Crippen MR) is 61.3 cm³/mol. The Morgan fingerprint density at radius 2 is 2.25 bits per heavy atom. The number of hydrogen-bond acceptors (Lipinski definition) is 2. The molecular formula is C8H9BrINO. The molecule has 0 amide bonds. The second-order valence-corrected chi connectivity index (χ2v) is 4.28. The van der Waals surface area contributed by atoms with E-state index in [0.717, 1.165) is 19.4 Å². The summed E-state index contributed by atoms with van der Waals surface area (Å²) in [6.07, 6.45) is 0. The summed E-state index contributed by atoms with van der Waals surface area (Å²) in [5.41, 5.74) is 6.66. The smallest absolute Gasteiger partial charge is 0.133 e. The van der Waals surface area contributed by atoms with Crippen molar-refractivity contribution in [1.29, 1.82) is 0 Å². The molecule has 0 unspecified atom stereocenters. The van der Waals surface area contributed by atoms with Gasteiger partial charge in [-0.3, -0.25) is 0 Å². The van der Waals surface area contributed by atoms with Gasteiger partial charge in [0.05, 0.1) is 10.7 Å². The molecule has 0 saturated carbocycles. The maximum Gasteiger partial charge on any atom is 0.133 e. The molecule has 0 atom stereocenters. The van der Waals surface area contributed by atoms with E-state index in [1.54, 1.807) is 7.11 Å². The number of benzene rings is 1. The fourth-order valence-electron chi connectivity index (χ4n) is 0.915. The molecule has 0 aliphatic heterocycles. The third kappa shape index (κ3) is 2.11. The van der Waals surface area contributed by atoms with Crippen molar-refractivity contribution in [2.24, 2.45) is 5.73 Å².